The van der Waals surface area contributed by atoms with E-state index in [1.807, 2.05) is 50.2 Å². The Morgan fingerprint density at radius 2 is 1.79 bits per heavy atom. The Bertz CT molecular complexity index is 936. The van der Waals surface area contributed by atoms with Crippen LogP contribution < -0.4 is 10.5 Å². The number of methoxy groups -OCH3 is 1. The van der Waals surface area contributed by atoms with Crippen molar-refractivity contribution in [2.24, 2.45) is 0 Å². The number of benzene rings is 1. The number of aromatic nitrogens is 1. The first-order valence-corrected chi connectivity index (χ1v) is 8.28. The first kappa shape index (κ1) is 16.0. The van der Waals surface area contributed by atoms with Crippen LogP contribution in [0.2, 0.25) is 0 Å². The Hall–Kier alpha value is -2.84. The summed E-state index contributed by atoms with van der Waals surface area (Å²) in [6.45, 7) is 3.96. The fraction of sp³-hybridized carbons (Fsp3) is 0.158. The molecule has 0 bridgehead atoms. The Balaban J connectivity index is 2.33. The van der Waals surface area contributed by atoms with Gasteiger partial charge in [0.05, 0.1) is 7.11 Å². The summed E-state index contributed by atoms with van der Waals surface area (Å²) >= 11 is 1.65. The van der Waals surface area contributed by atoms with E-state index in [2.05, 4.69) is 11.1 Å². The van der Waals surface area contributed by atoms with Gasteiger partial charge in [-0.1, -0.05) is 12.1 Å². The third-order valence-electron chi connectivity index (χ3n) is 3.88. The summed E-state index contributed by atoms with van der Waals surface area (Å²) in [6.07, 6.45) is 0. The van der Waals surface area contributed by atoms with Gasteiger partial charge >= 0.3 is 0 Å². The van der Waals surface area contributed by atoms with Crippen molar-refractivity contribution in [2.75, 3.05) is 12.8 Å². The summed E-state index contributed by atoms with van der Waals surface area (Å²) in [5.41, 5.74) is 10.0. The summed E-state index contributed by atoms with van der Waals surface area (Å²) in [4.78, 5) is 6.59. The van der Waals surface area contributed by atoms with Gasteiger partial charge in [0.2, 0.25) is 0 Å². The van der Waals surface area contributed by atoms with Gasteiger partial charge in [-0.25, -0.2) is 4.98 Å². The van der Waals surface area contributed by atoms with E-state index in [9.17, 15) is 5.26 Å². The van der Waals surface area contributed by atoms with Crippen molar-refractivity contribution in [3.05, 3.63) is 52.5 Å². The molecule has 3 rings (SSSR count). The highest BCUT2D eigenvalue weighted by molar-refractivity contribution is 7.15. The van der Waals surface area contributed by atoms with Crippen molar-refractivity contribution in [1.29, 1.82) is 5.26 Å². The summed E-state index contributed by atoms with van der Waals surface area (Å²) in [6, 6.07) is 14.1. The fourth-order valence-electron chi connectivity index (χ4n) is 2.77. The lowest BCUT2D eigenvalue weighted by Gasteiger charge is -2.15. The van der Waals surface area contributed by atoms with E-state index in [0.717, 1.165) is 33.0 Å². The van der Waals surface area contributed by atoms with Crippen molar-refractivity contribution >= 4 is 17.2 Å². The lowest BCUT2D eigenvalue weighted by atomic mass is 9.94. The summed E-state index contributed by atoms with van der Waals surface area (Å²) in [5.74, 6) is 1.06. The minimum atomic E-state index is 0.272. The predicted molar refractivity (Wildman–Crippen MR) is 98.1 cm³/mol. The number of nitriles is 1. The molecular formula is C19H17N3OS. The van der Waals surface area contributed by atoms with Crippen molar-refractivity contribution in [2.45, 2.75) is 13.8 Å². The third kappa shape index (κ3) is 2.72. The smallest absolute Gasteiger partial charge is 0.142 e. The minimum absolute atomic E-state index is 0.272. The van der Waals surface area contributed by atoms with Crippen molar-refractivity contribution in [1.82, 2.24) is 4.98 Å². The molecular weight excluding hydrogens is 318 g/mol. The Morgan fingerprint density at radius 3 is 2.33 bits per heavy atom. The molecule has 120 valence electrons. The van der Waals surface area contributed by atoms with Crippen molar-refractivity contribution < 1.29 is 4.74 Å². The van der Waals surface area contributed by atoms with E-state index in [1.54, 1.807) is 18.4 Å². The lowest BCUT2D eigenvalue weighted by Crippen LogP contribution is -2.02. The maximum Gasteiger partial charge on any atom is 0.142 e. The number of nitrogen functional groups attached to an aromatic ring is 1. The van der Waals surface area contributed by atoms with E-state index >= 15 is 0 Å². The van der Waals surface area contributed by atoms with Crippen LogP contribution in [0.4, 0.5) is 5.82 Å². The lowest BCUT2D eigenvalue weighted by molar-refractivity contribution is 0.415. The van der Waals surface area contributed by atoms with Crippen LogP contribution >= 0.6 is 11.3 Å². The molecule has 0 saturated carbocycles. The first-order chi connectivity index (χ1) is 11.5. The van der Waals surface area contributed by atoms with Gasteiger partial charge in [-0.05, 0) is 43.7 Å². The van der Waals surface area contributed by atoms with Crippen LogP contribution in [-0.2, 0) is 0 Å². The monoisotopic (exact) mass is 335 g/mol. The molecule has 0 unspecified atom stereocenters. The van der Waals surface area contributed by atoms with Gasteiger partial charge in [-0.15, -0.1) is 11.3 Å². The minimum Gasteiger partial charge on any atom is -0.497 e. The van der Waals surface area contributed by atoms with Crippen LogP contribution in [0.25, 0.3) is 21.6 Å². The van der Waals surface area contributed by atoms with Gasteiger partial charge < -0.3 is 10.5 Å². The largest absolute Gasteiger partial charge is 0.497 e. The Morgan fingerprint density at radius 1 is 1.08 bits per heavy atom. The predicted octanol–water partition coefficient (Wildman–Crippen LogP) is 4.56. The molecule has 0 aliphatic rings. The number of thiophene rings is 1. The summed E-state index contributed by atoms with van der Waals surface area (Å²) in [7, 11) is 1.64. The molecule has 0 saturated heterocycles. The molecule has 2 heterocycles. The van der Waals surface area contributed by atoms with E-state index in [4.69, 9.17) is 10.5 Å². The average Bonchev–Trinajstić information content (AvgIpc) is 3.00. The van der Waals surface area contributed by atoms with Gasteiger partial charge in [-0.2, -0.15) is 5.26 Å². The molecule has 0 aliphatic heterocycles. The van der Waals surface area contributed by atoms with Gasteiger partial charge in [-0.3, -0.25) is 0 Å². The molecule has 0 amide bonds. The van der Waals surface area contributed by atoms with E-state index in [-0.39, 0.29) is 5.82 Å². The zero-order chi connectivity index (χ0) is 17.3. The third-order valence-corrected chi connectivity index (χ3v) is 4.90. The van der Waals surface area contributed by atoms with Crippen molar-refractivity contribution in [3.63, 3.8) is 0 Å². The average molecular weight is 335 g/mol. The zero-order valence-corrected chi connectivity index (χ0v) is 14.6. The fourth-order valence-corrected chi connectivity index (χ4v) is 3.69. The number of rotatable bonds is 3. The van der Waals surface area contributed by atoms with Gasteiger partial charge in [0.25, 0.3) is 0 Å². The summed E-state index contributed by atoms with van der Waals surface area (Å²) in [5, 5.41) is 9.63. The van der Waals surface area contributed by atoms with Crippen molar-refractivity contribution in [3.8, 4) is 33.4 Å². The molecule has 5 heteroatoms. The number of pyridine rings is 1. The number of aryl methyl sites for hydroxylation is 2. The molecule has 0 aliphatic carbocycles. The molecule has 2 N–H and O–H groups in total. The number of hydrogen-bond donors (Lipinski definition) is 1. The second kappa shape index (κ2) is 6.34. The molecule has 0 radical (unpaired) electrons. The highest BCUT2D eigenvalue weighted by atomic mass is 32.1. The zero-order valence-electron chi connectivity index (χ0n) is 13.8. The standard InChI is InChI=1S/C19H17N3OS/c1-11-4-9-16(24-11)18-15(10-20)19(21)22-12(2)17(18)13-5-7-14(23-3)8-6-13/h4-9H,1-3H3,(H2,21,22). The Kier molecular flexibility index (Phi) is 4.24. The molecule has 3 aromatic rings. The molecule has 0 spiro atoms. The topological polar surface area (TPSA) is 71.9 Å². The molecule has 24 heavy (non-hydrogen) atoms. The number of nitrogens with zero attached hydrogens (tertiary/aromatic N) is 2. The van der Waals surface area contributed by atoms with Gasteiger partial charge in [0.1, 0.15) is 23.2 Å². The number of anilines is 1. The molecule has 1 aromatic carbocycles. The second-order valence-corrected chi connectivity index (χ2v) is 6.75. The van der Waals surface area contributed by atoms with E-state index in [1.165, 1.54) is 4.88 Å². The highest BCUT2D eigenvalue weighted by Crippen LogP contribution is 2.41. The van der Waals surface area contributed by atoms with Gasteiger partial charge in [0.15, 0.2) is 0 Å². The first-order valence-electron chi connectivity index (χ1n) is 7.46. The van der Waals surface area contributed by atoms with E-state index < -0.39 is 0 Å². The highest BCUT2D eigenvalue weighted by Gasteiger charge is 2.20. The summed E-state index contributed by atoms with van der Waals surface area (Å²) < 4.78 is 5.23. The van der Waals surface area contributed by atoms with E-state index in [0.29, 0.717) is 5.56 Å². The molecule has 0 atom stereocenters. The number of ether oxygens (including phenoxy) is 1. The van der Waals surface area contributed by atoms with Crippen LogP contribution in [0.3, 0.4) is 0 Å². The number of hydrogen-bond acceptors (Lipinski definition) is 5. The van der Waals surface area contributed by atoms with Crippen LogP contribution in [0.5, 0.6) is 5.75 Å². The van der Waals surface area contributed by atoms with Crippen LogP contribution in [0.15, 0.2) is 36.4 Å². The number of nitrogens with two attached hydrogens (primary N) is 1. The normalized spacial score (nSPS) is 10.4. The Labute approximate surface area is 145 Å². The maximum absolute atomic E-state index is 9.63. The molecule has 2 aromatic heterocycles. The second-order valence-electron chi connectivity index (χ2n) is 5.46. The maximum atomic E-state index is 9.63. The van der Waals surface area contributed by atoms with Crippen LogP contribution in [0.1, 0.15) is 16.1 Å². The van der Waals surface area contributed by atoms with Gasteiger partial charge in [0, 0.05) is 26.6 Å². The van der Waals surface area contributed by atoms with Crippen LogP contribution in [0, 0.1) is 25.2 Å². The quantitative estimate of drug-likeness (QED) is 0.762. The molecule has 4 nitrogen and oxygen atoms in total. The SMILES string of the molecule is COc1ccc(-c2c(C)nc(N)c(C#N)c2-c2ccc(C)s2)cc1. The van der Waals surface area contributed by atoms with Crippen LogP contribution in [-0.4, -0.2) is 12.1 Å². The molecule has 0 fully saturated rings.